The van der Waals surface area contributed by atoms with Gasteiger partial charge in [-0.05, 0) is 66.0 Å². The van der Waals surface area contributed by atoms with E-state index in [2.05, 4.69) is 10.0 Å². The zero-order chi connectivity index (χ0) is 23.6. The molecule has 0 unspecified atom stereocenters. The molecular formula is C23H16ClN3O4S2. The van der Waals surface area contributed by atoms with Gasteiger partial charge < -0.3 is 10.1 Å². The fourth-order valence-electron chi connectivity index (χ4n) is 3.05. The second kappa shape index (κ2) is 9.11. The highest BCUT2D eigenvalue weighted by atomic mass is 35.5. The zero-order valence-electron chi connectivity index (χ0n) is 17.1. The molecule has 0 saturated heterocycles. The third-order valence-corrected chi connectivity index (χ3v) is 6.33. The molecule has 0 aliphatic rings. The van der Waals surface area contributed by atoms with Crippen LogP contribution in [-0.4, -0.2) is 20.6 Å². The Balaban J connectivity index is 1.53. The Hall–Kier alpha value is -3.58. The van der Waals surface area contributed by atoms with Gasteiger partial charge in [-0.25, -0.2) is 8.42 Å². The van der Waals surface area contributed by atoms with Gasteiger partial charge in [-0.15, -0.1) is 11.3 Å². The minimum Gasteiger partial charge on any atom is -0.457 e. The van der Waals surface area contributed by atoms with E-state index < -0.39 is 10.0 Å². The second-order valence-corrected chi connectivity index (χ2v) is 10.4. The van der Waals surface area contributed by atoms with Gasteiger partial charge in [0.2, 0.25) is 10.0 Å². The van der Waals surface area contributed by atoms with Crippen LogP contribution in [0.3, 0.4) is 0 Å². The summed E-state index contributed by atoms with van der Waals surface area (Å²) in [6, 6.07) is 20.3. The van der Waals surface area contributed by atoms with Crippen molar-refractivity contribution in [3.8, 4) is 17.6 Å². The number of nitrogens with one attached hydrogen (secondary N) is 2. The maximum atomic E-state index is 12.8. The predicted molar refractivity (Wildman–Crippen MR) is 131 cm³/mol. The van der Waals surface area contributed by atoms with Crippen LogP contribution in [0.15, 0.2) is 66.7 Å². The number of anilines is 2. The Morgan fingerprint density at radius 3 is 2.45 bits per heavy atom. The summed E-state index contributed by atoms with van der Waals surface area (Å²) in [6.45, 7) is 0. The van der Waals surface area contributed by atoms with Crippen LogP contribution >= 0.6 is 22.9 Å². The Bertz CT molecular complexity index is 1510. The topological polar surface area (TPSA) is 108 Å². The van der Waals surface area contributed by atoms with E-state index in [0.717, 1.165) is 16.3 Å². The molecule has 0 bridgehead atoms. The standard InChI is InChI=1S/C23H16ClN3O4S2/c1-33(29,30)27-17-4-7-21-15(8-17)9-22(32-21)23(28)26-18-10-16(24)11-20(12-18)31-19-5-2-14(13-25)3-6-19/h2-12,27H,1H3,(H,26,28). The van der Waals surface area contributed by atoms with Crippen LogP contribution in [0.5, 0.6) is 11.5 Å². The Morgan fingerprint density at radius 1 is 1.00 bits per heavy atom. The van der Waals surface area contributed by atoms with E-state index in [1.807, 2.05) is 6.07 Å². The van der Waals surface area contributed by atoms with E-state index in [1.165, 1.54) is 11.3 Å². The molecule has 7 nitrogen and oxygen atoms in total. The highest BCUT2D eigenvalue weighted by Crippen LogP contribution is 2.31. The highest BCUT2D eigenvalue weighted by Gasteiger charge is 2.13. The Labute approximate surface area is 199 Å². The third-order valence-electron chi connectivity index (χ3n) is 4.39. The molecule has 3 aromatic carbocycles. The molecule has 1 amide bonds. The summed E-state index contributed by atoms with van der Waals surface area (Å²) in [6.07, 6.45) is 1.08. The number of benzene rings is 3. The van der Waals surface area contributed by atoms with Crippen LogP contribution in [0.1, 0.15) is 15.2 Å². The quantitative estimate of drug-likeness (QED) is 0.347. The van der Waals surface area contributed by atoms with E-state index in [0.29, 0.717) is 38.3 Å². The van der Waals surface area contributed by atoms with Crippen LogP contribution in [0.2, 0.25) is 5.02 Å². The van der Waals surface area contributed by atoms with Crippen molar-refractivity contribution in [3.63, 3.8) is 0 Å². The first-order valence-corrected chi connectivity index (χ1v) is 12.6. The average molecular weight is 498 g/mol. The number of nitriles is 1. The number of ether oxygens (including phenoxy) is 1. The molecule has 0 spiro atoms. The number of hydrogen-bond donors (Lipinski definition) is 2. The largest absolute Gasteiger partial charge is 0.457 e. The summed E-state index contributed by atoms with van der Waals surface area (Å²) in [5.74, 6) is 0.618. The molecule has 33 heavy (non-hydrogen) atoms. The molecule has 4 aromatic rings. The van der Waals surface area contributed by atoms with Gasteiger partial charge in [0.25, 0.3) is 5.91 Å². The third kappa shape index (κ3) is 5.81. The minimum absolute atomic E-state index is 0.333. The van der Waals surface area contributed by atoms with Gasteiger partial charge in [-0.1, -0.05) is 11.6 Å². The van der Waals surface area contributed by atoms with Gasteiger partial charge in [-0.3, -0.25) is 9.52 Å². The van der Waals surface area contributed by atoms with Crippen LogP contribution < -0.4 is 14.8 Å². The van der Waals surface area contributed by atoms with E-state index in [4.69, 9.17) is 21.6 Å². The molecule has 0 saturated carbocycles. The van der Waals surface area contributed by atoms with Crippen molar-refractivity contribution >= 4 is 60.3 Å². The van der Waals surface area contributed by atoms with Gasteiger partial charge in [0.15, 0.2) is 0 Å². The van der Waals surface area contributed by atoms with Crippen LogP contribution in [0.4, 0.5) is 11.4 Å². The number of nitrogens with zero attached hydrogens (tertiary/aromatic N) is 1. The fourth-order valence-corrected chi connectivity index (χ4v) is 4.77. The molecule has 0 aliphatic carbocycles. The number of amides is 1. The molecule has 10 heteroatoms. The SMILES string of the molecule is CS(=O)(=O)Nc1ccc2sc(C(=O)Nc3cc(Cl)cc(Oc4ccc(C#N)cc4)c3)cc2c1. The lowest BCUT2D eigenvalue weighted by atomic mass is 10.2. The van der Waals surface area contributed by atoms with Crippen molar-refractivity contribution in [1.29, 1.82) is 5.26 Å². The fraction of sp³-hybridized carbons (Fsp3) is 0.0435. The molecule has 1 heterocycles. The maximum Gasteiger partial charge on any atom is 0.265 e. The molecule has 1 aromatic heterocycles. The number of rotatable bonds is 6. The normalized spacial score (nSPS) is 11.1. The molecule has 2 N–H and O–H groups in total. The molecule has 4 rings (SSSR count). The summed E-state index contributed by atoms with van der Waals surface area (Å²) in [5, 5.41) is 12.8. The number of fused-ring (bicyclic) bond motifs is 1. The van der Waals surface area contributed by atoms with Crippen molar-refractivity contribution < 1.29 is 17.9 Å². The molecule has 166 valence electrons. The predicted octanol–water partition coefficient (Wildman–Crippen LogP) is 5.84. The molecule has 0 aliphatic heterocycles. The summed E-state index contributed by atoms with van der Waals surface area (Å²) in [4.78, 5) is 13.3. The highest BCUT2D eigenvalue weighted by molar-refractivity contribution is 7.92. The Kier molecular flexibility index (Phi) is 6.24. The number of hydrogen-bond acceptors (Lipinski definition) is 6. The van der Waals surface area contributed by atoms with Crippen LogP contribution in [0, 0.1) is 11.3 Å². The van der Waals surface area contributed by atoms with Crippen LogP contribution in [-0.2, 0) is 10.0 Å². The lowest BCUT2D eigenvalue weighted by Crippen LogP contribution is -2.10. The lowest BCUT2D eigenvalue weighted by molar-refractivity contribution is 0.103. The summed E-state index contributed by atoms with van der Waals surface area (Å²) >= 11 is 7.49. The van der Waals surface area contributed by atoms with Crippen molar-refractivity contribution in [3.05, 3.63) is 82.2 Å². The number of sulfonamides is 1. The van der Waals surface area contributed by atoms with Gasteiger partial charge in [0, 0.05) is 27.2 Å². The van der Waals surface area contributed by atoms with E-state index in [-0.39, 0.29) is 5.91 Å². The smallest absolute Gasteiger partial charge is 0.265 e. The van der Waals surface area contributed by atoms with Gasteiger partial charge in [0.05, 0.1) is 22.8 Å². The summed E-state index contributed by atoms with van der Waals surface area (Å²) in [5.41, 5.74) is 1.39. The maximum absolute atomic E-state index is 12.8. The summed E-state index contributed by atoms with van der Waals surface area (Å²) < 4.78 is 31.9. The number of carbonyl (C=O) groups is 1. The Morgan fingerprint density at radius 2 is 1.76 bits per heavy atom. The monoisotopic (exact) mass is 497 g/mol. The number of thiophene rings is 1. The first-order chi connectivity index (χ1) is 15.7. The van der Waals surface area contributed by atoms with Crippen molar-refractivity contribution in [1.82, 2.24) is 0 Å². The van der Waals surface area contributed by atoms with E-state index in [1.54, 1.807) is 66.7 Å². The lowest BCUT2D eigenvalue weighted by Gasteiger charge is -2.10. The molecule has 0 fully saturated rings. The minimum atomic E-state index is -3.39. The molecular weight excluding hydrogens is 482 g/mol. The van der Waals surface area contributed by atoms with Gasteiger partial charge in [0.1, 0.15) is 11.5 Å². The van der Waals surface area contributed by atoms with Gasteiger partial charge >= 0.3 is 0 Å². The second-order valence-electron chi connectivity index (χ2n) is 7.11. The average Bonchev–Trinajstić information content (AvgIpc) is 3.16. The molecule has 0 radical (unpaired) electrons. The number of halogens is 1. The van der Waals surface area contributed by atoms with E-state index in [9.17, 15) is 13.2 Å². The first kappa shape index (κ1) is 22.6. The molecule has 0 atom stereocenters. The van der Waals surface area contributed by atoms with E-state index >= 15 is 0 Å². The zero-order valence-corrected chi connectivity index (χ0v) is 19.5. The number of carbonyl (C=O) groups excluding carboxylic acids is 1. The van der Waals surface area contributed by atoms with Crippen molar-refractivity contribution in [2.24, 2.45) is 0 Å². The first-order valence-electron chi connectivity index (χ1n) is 9.50. The van der Waals surface area contributed by atoms with Gasteiger partial charge in [-0.2, -0.15) is 5.26 Å². The van der Waals surface area contributed by atoms with Crippen molar-refractivity contribution in [2.75, 3.05) is 16.3 Å². The van der Waals surface area contributed by atoms with Crippen LogP contribution in [0.25, 0.3) is 10.1 Å². The summed E-state index contributed by atoms with van der Waals surface area (Å²) in [7, 11) is -3.39. The van der Waals surface area contributed by atoms with Crippen molar-refractivity contribution in [2.45, 2.75) is 0 Å².